The number of amidine groups is 1. The van der Waals surface area contributed by atoms with Crippen molar-refractivity contribution < 1.29 is 14.6 Å². The lowest BCUT2D eigenvalue weighted by Crippen LogP contribution is -2.26. The minimum atomic E-state index is 0.147. The minimum Gasteiger partial charge on any atom is -0.510 e. The third kappa shape index (κ3) is 3.73. The molecule has 0 saturated heterocycles. The molecule has 3 heterocycles. The molecule has 1 aliphatic heterocycles. The quantitative estimate of drug-likeness (QED) is 0.525. The summed E-state index contributed by atoms with van der Waals surface area (Å²) in [6, 6.07) is 9.55. The molecule has 4 rings (SSSR count). The largest absolute Gasteiger partial charge is 0.510 e. The first-order chi connectivity index (χ1) is 14.1. The highest BCUT2D eigenvalue weighted by Gasteiger charge is 2.31. The van der Waals surface area contributed by atoms with Crippen molar-refractivity contribution in [2.75, 3.05) is 24.7 Å². The van der Waals surface area contributed by atoms with Gasteiger partial charge < -0.3 is 19.5 Å². The van der Waals surface area contributed by atoms with E-state index in [-0.39, 0.29) is 18.1 Å². The number of hydrogen-bond acceptors (Lipinski definition) is 7. The van der Waals surface area contributed by atoms with Crippen LogP contribution in [0.1, 0.15) is 18.9 Å². The van der Waals surface area contributed by atoms with Crippen LogP contribution in [0.2, 0.25) is 0 Å². The van der Waals surface area contributed by atoms with Crippen LogP contribution in [-0.2, 0) is 0 Å². The van der Waals surface area contributed by atoms with Crippen molar-refractivity contribution in [1.82, 2.24) is 4.98 Å². The maximum absolute atomic E-state index is 10.6. The SMILES string of the molecule is CCOc1ccc(N2CC(O)=C(c3nc(-c4cccs4)cs3)C2=N)cc1OCC. The summed E-state index contributed by atoms with van der Waals surface area (Å²) in [5.41, 5.74) is 2.11. The first kappa shape index (κ1) is 19.5. The van der Waals surface area contributed by atoms with E-state index in [1.54, 1.807) is 16.2 Å². The number of nitrogens with zero attached hydrogens (tertiary/aromatic N) is 2. The Bertz CT molecular complexity index is 1060. The molecule has 0 atom stereocenters. The molecular weight excluding hydrogens is 406 g/mol. The van der Waals surface area contributed by atoms with Gasteiger partial charge in [0.15, 0.2) is 11.5 Å². The highest BCUT2D eigenvalue weighted by Crippen LogP contribution is 2.38. The third-order valence-electron chi connectivity index (χ3n) is 4.43. The van der Waals surface area contributed by atoms with Gasteiger partial charge >= 0.3 is 0 Å². The van der Waals surface area contributed by atoms with Crippen LogP contribution in [0.5, 0.6) is 11.5 Å². The third-order valence-corrected chi connectivity index (χ3v) is 6.19. The Kier molecular flexibility index (Phi) is 5.55. The molecule has 0 saturated carbocycles. The van der Waals surface area contributed by atoms with E-state index in [1.807, 2.05) is 54.9 Å². The van der Waals surface area contributed by atoms with E-state index in [9.17, 15) is 5.11 Å². The van der Waals surface area contributed by atoms with E-state index in [2.05, 4.69) is 4.98 Å². The number of rotatable bonds is 7. The first-order valence-corrected chi connectivity index (χ1v) is 11.1. The molecule has 3 aromatic rings. The maximum atomic E-state index is 10.6. The maximum Gasteiger partial charge on any atom is 0.163 e. The van der Waals surface area contributed by atoms with Gasteiger partial charge in [0.05, 0.1) is 35.9 Å². The molecule has 0 fully saturated rings. The second kappa shape index (κ2) is 8.26. The van der Waals surface area contributed by atoms with Crippen LogP contribution in [0.25, 0.3) is 16.1 Å². The topological polar surface area (TPSA) is 78.7 Å². The Balaban J connectivity index is 1.61. The van der Waals surface area contributed by atoms with Crippen molar-refractivity contribution >= 4 is 39.8 Å². The summed E-state index contributed by atoms with van der Waals surface area (Å²) >= 11 is 3.05. The second-order valence-electron chi connectivity index (χ2n) is 6.27. The fraction of sp³-hybridized carbons (Fsp3) is 0.238. The number of aliphatic hydroxyl groups excluding tert-OH is 1. The van der Waals surface area contributed by atoms with Gasteiger partial charge in [-0.15, -0.1) is 22.7 Å². The number of nitrogens with one attached hydrogen (secondary N) is 1. The minimum absolute atomic E-state index is 0.147. The Morgan fingerprint density at radius 3 is 2.66 bits per heavy atom. The van der Waals surface area contributed by atoms with Gasteiger partial charge in [0.25, 0.3) is 0 Å². The van der Waals surface area contributed by atoms with Crippen molar-refractivity contribution in [3.05, 3.63) is 51.9 Å². The Labute approximate surface area is 177 Å². The molecule has 0 amide bonds. The number of aliphatic hydroxyl groups is 1. The molecular formula is C21H21N3O3S2. The van der Waals surface area contributed by atoms with Gasteiger partial charge in [-0.05, 0) is 37.4 Å². The van der Waals surface area contributed by atoms with E-state index in [1.165, 1.54) is 11.3 Å². The van der Waals surface area contributed by atoms with Gasteiger partial charge in [0.1, 0.15) is 16.6 Å². The summed E-state index contributed by atoms with van der Waals surface area (Å²) in [6.45, 7) is 5.12. The average Bonchev–Trinajstić information content (AvgIpc) is 3.44. The van der Waals surface area contributed by atoms with Gasteiger partial charge in [-0.3, -0.25) is 5.41 Å². The zero-order chi connectivity index (χ0) is 20.4. The van der Waals surface area contributed by atoms with Crippen LogP contribution in [0.4, 0.5) is 5.69 Å². The zero-order valence-corrected chi connectivity index (χ0v) is 17.8. The van der Waals surface area contributed by atoms with Crippen molar-refractivity contribution in [2.24, 2.45) is 0 Å². The molecule has 0 aliphatic carbocycles. The van der Waals surface area contributed by atoms with Crippen LogP contribution >= 0.6 is 22.7 Å². The fourth-order valence-electron chi connectivity index (χ4n) is 3.16. The summed E-state index contributed by atoms with van der Waals surface area (Å²) in [5.74, 6) is 1.67. The van der Waals surface area contributed by atoms with Crippen LogP contribution in [0.15, 0.2) is 46.9 Å². The van der Waals surface area contributed by atoms with E-state index in [4.69, 9.17) is 14.9 Å². The molecule has 150 valence electrons. The number of benzene rings is 1. The van der Waals surface area contributed by atoms with Crippen molar-refractivity contribution in [2.45, 2.75) is 13.8 Å². The molecule has 29 heavy (non-hydrogen) atoms. The van der Waals surface area contributed by atoms with Crippen LogP contribution in [-0.4, -0.2) is 35.7 Å². The molecule has 6 nitrogen and oxygen atoms in total. The van der Waals surface area contributed by atoms with Crippen molar-refractivity contribution in [3.8, 4) is 22.1 Å². The molecule has 2 aromatic heterocycles. The van der Waals surface area contributed by atoms with Crippen LogP contribution in [0, 0.1) is 5.41 Å². The average molecular weight is 428 g/mol. The first-order valence-electron chi connectivity index (χ1n) is 9.30. The lowest BCUT2D eigenvalue weighted by molar-refractivity contribution is 0.288. The number of aromatic nitrogens is 1. The summed E-state index contributed by atoms with van der Waals surface area (Å²) in [4.78, 5) is 7.46. The molecule has 0 bridgehead atoms. The van der Waals surface area contributed by atoms with Gasteiger partial charge in [0, 0.05) is 17.1 Å². The number of hydrogen-bond donors (Lipinski definition) is 2. The van der Waals surface area contributed by atoms with E-state index in [0.717, 1.165) is 16.3 Å². The number of ether oxygens (including phenoxy) is 2. The Morgan fingerprint density at radius 2 is 1.93 bits per heavy atom. The second-order valence-corrected chi connectivity index (χ2v) is 8.07. The lowest BCUT2D eigenvalue weighted by Gasteiger charge is -2.20. The Morgan fingerprint density at radius 1 is 1.14 bits per heavy atom. The lowest BCUT2D eigenvalue weighted by atomic mass is 10.2. The predicted molar refractivity (Wildman–Crippen MR) is 119 cm³/mol. The summed E-state index contributed by atoms with van der Waals surface area (Å²) in [5, 5.41) is 23.9. The molecule has 1 aromatic carbocycles. The van der Waals surface area contributed by atoms with E-state index in [0.29, 0.717) is 35.3 Å². The molecule has 0 radical (unpaired) electrons. The number of thiazole rings is 1. The normalized spacial score (nSPS) is 14.0. The summed E-state index contributed by atoms with van der Waals surface area (Å²) < 4.78 is 11.3. The van der Waals surface area contributed by atoms with Gasteiger partial charge in [-0.1, -0.05) is 6.07 Å². The highest BCUT2D eigenvalue weighted by atomic mass is 32.1. The number of thiophene rings is 1. The van der Waals surface area contributed by atoms with Crippen LogP contribution < -0.4 is 14.4 Å². The molecule has 0 unspecified atom stereocenters. The Hall–Kier alpha value is -2.84. The van der Waals surface area contributed by atoms with Gasteiger partial charge in [0.2, 0.25) is 0 Å². The van der Waals surface area contributed by atoms with Gasteiger partial charge in [-0.25, -0.2) is 4.98 Å². The standard InChI is InChI=1S/C21H21N3O3S2/c1-3-26-16-8-7-13(10-17(16)27-4-2)24-11-15(25)19(20(24)22)21-23-14(12-29-21)18-6-5-9-28-18/h5-10,12,22,25H,3-4,11H2,1-2H3. The zero-order valence-electron chi connectivity index (χ0n) is 16.1. The van der Waals surface area contributed by atoms with E-state index >= 15 is 0 Å². The molecule has 1 aliphatic rings. The van der Waals surface area contributed by atoms with E-state index < -0.39 is 0 Å². The molecule has 0 spiro atoms. The fourth-order valence-corrected chi connectivity index (χ4v) is 4.81. The summed E-state index contributed by atoms with van der Waals surface area (Å²) in [6.07, 6.45) is 0. The highest BCUT2D eigenvalue weighted by molar-refractivity contribution is 7.14. The molecule has 2 N–H and O–H groups in total. The van der Waals surface area contributed by atoms with Gasteiger partial charge in [-0.2, -0.15) is 0 Å². The molecule has 8 heteroatoms. The van der Waals surface area contributed by atoms with Crippen molar-refractivity contribution in [1.29, 1.82) is 5.41 Å². The summed E-state index contributed by atoms with van der Waals surface area (Å²) in [7, 11) is 0. The van der Waals surface area contributed by atoms with Crippen LogP contribution in [0.3, 0.4) is 0 Å². The number of anilines is 1. The predicted octanol–water partition coefficient (Wildman–Crippen LogP) is 5.44. The van der Waals surface area contributed by atoms with Crippen molar-refractivity contribution in [3.63, 3.8) is 0 Å². The monoisotopic (exact) mass is 427 g/mol. The smallest absolute Gasteiger partial charge is 0.163 e.